The summed E-state index contributed by atoms with van der Waals surface area (Å²) in [5.74, 6) is -0.715. The predicted molar refractivity (Wildman–Crippen MR) is 69.9 cm³/mol. The Labute approximate surface area is 106 Å². The highest BCUT2D eigenvalue weighted by molar-refractivity contribution is 5.89. The van der Waals surface area contributed by atoms with Crippen LogP contribution in [0.1, 0.15) is 26.2 Å². The van der Waals surface area contributed by atoms with Crippen molar-refractivity contribution in [2.24, 2.45) is 5.73 Å². The van der Waals surface area contributed by atoms with Gasteiger partial charge in [-0.05, 0) is 37.5 Å². The third-order valence-corrected chi connectivity index (χ3v) is 3.12. The van der Waals surface area contributed by atoms with Gasteiger partial charge < -0.3 is 16.4 Å². The van der Waals surface area contributed by atoms with Gasteiger partial charge in [-0.3, -0.25) is 4.79 Å². The topological polar surface area (TPSA) is 67.2 Å². The number of carbonyl (C=O) groups excluding carboxylic acids is 1. The van der Waals surface area contributed by atoms with Gasteiger partial charge in [-0.2, -0.15) is 0 Å². The lowest BCUT2D eigenvalue weighted by molar-refractivity contribution is -0.114. The average molecular weight is 251 g/mol. The summed E-state index contributed by atoms with van der Waals surface area (Å²) < 4.78 is 13.4. The molecule has 18 heavy (non-hydrogen) atoms. The number of nitrogens with one attached hydrogen (secondary N) is 2. The van der Waals surface area contributed by atoms with Crippen molar-refractivity contribution >= 4 is 17.3 Å². The fraction of sp³-hybridized carbons (Fsp3) is 0.462. The Morgan fingerprint density at radius 1 is 1.44 bits per heavy atom. The normalized spacial score (nSPS) is 22.8. The molecule has 1 fully saturated rings. The SMILES string of the molecule is CC(=O)Nc1cc(NC2CCC(N)C2)ccc1F. The van der Waals surface area contributed by atoms with Crippen LogP contribution in [0.5, 0.6) is 0 Å². The standard InChI is InChI=1S/C13H18FN3O/c1-8(18)16-13-7-11(4-5-12(13)14)17-10-3-2-9(15)6-10/h4-5,7,9-10,17H,2-3,6,15H2,1H3,(H,16,18). The second kappa shape index (κ2) is 5.35. The third-order valence-electron chi connectivity index (χ3n) is 3.12. The zero-order chi connectivity index (χ0) is 13.1. The maximum absolute atomic E-state index is 13.4. The predicted octanol–water partition coefficient (Wildman–Crippen LogP) is 2.08. The largest absolute Gasteiger partial charge is 0.382 e. The van der Waals surface area contributed by atoms with Gasteiger partial charge in [0.1, 0.15) is 5.82 Å². The van der Waals surface area contributed by atoms with Crippen molar-refractivity contribution in [1.29, 1.82) is 0 Å². The summed E-state index contributed by atoms with van der Waals surface area (Å²) in [6, 6.07) is 5.21. The van der Waals surface area contributed by atoms with Crippen molar-refractivity contribution in [3.8, 4) is 0 Å². The highest BCUT2D eigenvalue weighted by atomic mass is 19.1. The van der Waals surface area contributed by atoms with E-state index in [1.54, 1.807) is 12.1 Å². The maximum atomic E-state index is 13.4. The van der Waals surface area contributed by atoms with E-state index >= 15 is 0 Å². The summed E-state index contributed by atoms with van der Waals surface area (Å²) in [7, 11) is 0. The lowest BCUT2D eigenvalue weighted by Gasteiger charge is -2.15. The molecule has 1 aromatic carbocycles. The highest BCUT2D eigenvalue weighted by Gasteiger charge is 2.21. The van der Waals surface area contributed by atoms with Crippen LogP contribution in [0.15, 0.2) is 18.2 Å². The zero-order valence-electron chi connectivity index (χ0n) is 10.4. The molecule has 1 aliphatic rings. The van der Waals surface area contributed by atoms with Crippen LogP contribution >= 0.6 is 0 Å². The van der Waals surface area contributed by atoms with E-state index in [-0.39, 0.29) is 17.6 Å². The van der Waals surface area contributed by atoms with Gasteiger partial charge in [0.15, 0.2) is 0 Å². The van der Waals surface area contributed by atoms with E-state index in [0.717, 1.165) is 24.9 Å². The molecular formula is C13H18FN3O. The first-order valence-corrected chi connectivity index (χ1v) is 6.14. The summed E-state index contributed by atoms with van der Waals surface area (Å²) in [6.07, 6.45) is 2.96. The van der Waals surface area contributed by atoms with Crippen LogP contribution in [0, 0.1) is 5.82 Å². The Morgan fingerprint density at radius 2 is 2.22 bits per heavy atom. The van der Waals surface area contributed by atoms with Crippen LogP contribution in [0.2, 0.25) is 0 Å². The third kappa shape index (κ3) is 3.20. The van der Waals surface area contributed by atoms with E-state index in [0.29, 0.717) is 6.04 Å². The zero-order valence-corrected chi connectivity index (χ0v) is 10.4. The van der Waals surface area contributed by atoms with E-state index in [4.69, 9.17) is 5.73 Å². The number of rotatable bonds is 3. The van der Waals surface area contributed by atoms with Crippen LogP contribution in [-0.2, 0) is 4.79 Å². The second-order valence-electron chi connectivity index (χ2n) is 4.79. The van der Waals surface area contributed by atoms with Gasteiger partial charge in [0.2, 0.25) is 5.91 Å². The Hall–Kier alpha value is -1.62. The fourth-order valence-corrected chi connectivity index (χ4v) is 2.28. The average Bonchev–Trinajstić information content (AvgIpc) is 2.68. The van der Waals surface area contributed by atoms with Gasteiger partial charge in [0.05, 0.1) is 5.69 Å². The molecule has 1 aromatic rings. The highest BCUT2D eigenvalue weighted by Crippen LogP contribution is 2.25. The molecule has 1 saturated carbocycles. The Balaban J connectivity index is 2.07. The van der Waals surface area contributed by atoms with Crippen LogP contribution < -0.4 is 16.4 Å². The molecule has 1 aliphatic carbocycles. The fourth-order valence-electron chi connectivity index (χ4n) is 2.28. The van der Waals surface area contributed by atoms with Gasteiger partial charge in [-0.15, -0.1) is 0 Å². The van der Waals surface area contributed by atoms with Crippen molar-refractivity contribution in [3.05, 3.63) is 24.0 Å². The Bertz CT molecular complexity index is 450. The number of anilines is 2. The van der Waals surface area contributed by atoms with Gasteiger partial charge in [-0.25, -0.2) is 4.39 Å². The number of benzene rings is 1. The molecule has 2 atom stereocenters. The first-order chi connectivity index (χ1) is 8.54. The molecule has 0 aromatic heterocycles. The molecule has 0 bridgehead atoms. The number of halogens is 1. The molecule has 2 unspecified atom stereocenters. The van der Waals surface area contributed by atoms with Crippen LogP contribution in [-0.4, -0.2) is 18.0 Å². The van der Waals surface area contributed by atoms with Crippen molar-refractivity contribution in [1.82, 2.24) is 0 Å². The van der Waals surface area contributed by atoms with Crippen LogP contribution in [0.3, 0.4) is 0 Å². The molecule has 0 radical (unpaired) electrons. The lowest BCUT2D eigenvalue weighted by Crippen LogP contribution is -2.20. The van der Waals surface area contributed by atoms with E-state index in [9.17, 15) is 9.18 Å². The first-order valence-electron chi connectivity index (χ1n) is 6.14. The van der Waals surface area contributed by atoms with Crippen molar-refractivity contribution < 1.29 is 9.18 Å². The molecule has 0 heterocycles. The van der Waals surface area contributed by atoms with E-state index in [1.807, 2.05) is 0 Å². The molecule has 1 amide bonds. The van der Waals surface area contributed by atoms with Gasteiger partial charge in [0, 0.05) is 24.7 Å². The van der Waals surface area contributed by atoms with E-state index < -0.39 is 5.82 Å². The Morgan fingerprint density at radius 3 is 2.83 bits per heavy atom. The number of nitrogens with two attached hydrogens (primary N) is 1. The van der Waals surface area contributed by atoms with Crippen LogP contribution in [0.4, 0.5) is 15.8 Å². The molecule has 4 N–H and O–H groups in total. The molecule has 0 spiro atoms. The molecule has 4 nitrogen and oxygen atoms in total. The number of hydrogen-bond donors (Lipinski definition) is 3. The minimum atomic E-state index is -0.432. The molecule has 98 valence electrons. The minimum absolute atomic E-state index is 0.204. The van der Waals surface area contributed by atoms with Crippen molar-refractivity contribution in [3.63, 3.8) is 0 Å². The monoisotopic (exact) mass is 251 g/mol. The van der Waals surface area contributed by atoms with Crippen molar-refractivity contribution in [2.45, 2.75) is 38.3 Å². The van der Waals surface area contributed by atoms with Gasteiger partial charge in [-0.1, -0.05) is 0 Å². The summed E-state index contributed by atoms with van der Waals surface area (Å²) in [5.41, 5.74) is 6.85. The molecule has 0 saturated heterocycles. The number of hydrogen-bond acceptors (Lipinski definition) is 3. The smallest absolute Gasteiger partial charge is 0.221 e. The van der Waals surface area contributed by atoms with Gasteiger partial charge in [0.25, 0.3) is 0 Å². The lowest BCUT2D eigenvalue weighted by atomic mass is 10.2. The summed E-state index contributed by atoms with van der Waals surface area (Å²) >= 11 is 0. The van der Waals surface area contributed by atoms with E-state index in [2.05, 4.69) is 10.6 Å². The van der Waals surface area contributed by atoms with Crippen LogP contribution in [0.25, 0.3) is 0 Å². The summed E-state index contributed by atoms with van der Waals surface area (Å²) in [5, 5.41) is 5.78. The first kappa shape index (κ1) is 12.8. The molecule has 2 rings (SSSR count). The van der Waals surface area contributed by atoms with E-state index in [1.165, 1.54) is 13.0 Å². The molecule has 5 heteroatoms. The molecular weight excluding hydrogens is 233 g/mol. The van der Waals surface area contributed by atoms with Gasteiger partial charge >= 0.3 is 0 Å². The Kier molecular flexibility index (Phi) is 3.81. The maximum Gasteiger partial charge on any atom is 0.221 e. The second-order valence-corrected chi connectivity index (χ2v) is 4.79. The summed E-state index contributed by atoms with van der Waals surface area (Å²) in [6.45, 7) is 1.36. The van der Waals surface area contributed by atoms with Crippen molar-refractivity contribution in [2.75, 3.05) is 10.6 Å². The summed E-state index contributed by atoms with van der Waals surface area (Å²) in [4.78, 5) is 10.9. The number of carbonyl (C=O) groups is 1. The minimum Gasteiger partial charge on any atom is -0.382 e. The number of amides is 1. The molecule has 0 aliphatic heterocycles. The quantitative estimate of drug-likeness (QED) is 0.770.